The highest BCUT2D eigenvalue weighted by atomic mass is 16.4. The van der Waals surface area contributed by atoms with E-state index in [0.29, 0.717) is 13.0 Å². The number of carboxylic acid groups (broad SMARTS) is 1. The fourth-order valence-corrected chi connectivity index (χ4v) is 4.91. The molecule has 8 nitrogen and oxygen atoms in total. The molecular formula is C33H33N3O5. The van der Waals surface area contributed by atoms with Crippen molar-refractivity contribution in [3.63, 3.8) is 0 Å². The van der Waals surface area contributed by atoms with Gasteiger partial charge in [0.1, 0.15) is 17.3 Å². The van der Waals surface area contributed by atoms with E-state index in [1.165, 1.54) is 4.90 Å². The van der Waals surface area contributed by atoms with E-state index >= 15 is 0 Å². The van der Waals surface area contributed by atoms with E-state index < -0.39 is 35.9 Å². The maximum atomic E-state index is 13.8. The van der Waals surface area contributed by atoms with Crippen LogP contribution in [0, 0.1) is 0 Å². The summed E-state index contributed by atoms with van der Waals surface area (Å²) in [6.45, 7) is 0.297. The first-order valence-electron chi connectivity index (χ1n) is 13.3. The van der Waals surface area contributed by atoms with Gasteiger partial charge in [-0.25, -0.2) is 4.79 Å². The zero-order chi connectivity index (χ0) is 29.2. The average molecular weight is 552 g/mol. The number of rotatable bonds is 11. The Morgan fingerprint density at radius 2 is 1.22 bits per heavy atom. The van der Waals surface area contributed by atoms with Crippen LogP contribution in [0.4, 0.5) is 4.79 Å². The van der Waals surface area contributed by atoms with Gasteiger partial charge in [-0.3, -0.25) is 9.59 Å². The molecular weight excluding hydrogens is 518 g/mol. The lowest BCUT2D eigenvalue weighted by Gasteiger charge is -2.37. The second-order valence-corrected chi connectivity index (χ2v) is 9.78. The number of hydrogen-bond acceptors (Lipinski definition) is 4. The highest BCUT2D eigenvalue weighted by molar-refractivity contribution is 5.91. The molecule has 0 heterocycles. The second kappa shape index (κ2) is 13.3. The topological polar surface area (TPSA) is 119 Å². The van der Waals surface area contributed by atoms with Crippen LogP contribution in [0.25, 0.3) is 0 Å². The summed E-state index contributed by atoms with van der Waals surface area (Å²) in [4.78, 5) is 40.2. The number of hydrogen-bond donors (Lipinski definition) is 4. The van der Waals surface area contributed by atoms with Crippen LogP contribution in [0.2, 0.25) is 0 Å². The van der Waals surface area contributed by atoms with Crippen molar-refractivity contribution in [2.24, 2.45) is 0 Å². The fourth-order valence-electron chi connectivity index (χ4n) is 4.91. The minimum absolute atomic E-state index is 0.146. The standard InChI is InChI=1S/C33H33N3O5/c1-36(22-21-24-17-19-28(37)20-18-24)31(39)29(34-32(40)41)23-30(38)35-33(25-11-5-2-6-12-25,26-13-7-3-8-14-26)27-15-9-4-10-16-27/h2-20,29,34,37H,21-23H2,1H3,(H,35,38)(H,40,41)/t29-/m1/s1. The van der Waals surface area contributed by atoms with Gasteiger partial charge in [-0.1, -0.05) is 103 Å². The molecule has 4 aromatic rings. The summed E-state index contributed by atoms with van der Waals surface area (Å²) in [5, 5.41) is 24.4. The van der Waals surface area contributed by atoms with Crippen LogP contribution in [0.5, 0.6) is 5.75 Å². The van der Waals surface area contributed by atoms with Gasteiger partial charge in [-0.2, -0.15) is 0 Å². The number of nitrogens with one attached hydrogen (secondary N) is 2. The predicted molar refractivity (Wildman–Crippen MR) is 156 cm³/mol. The molecule has 0 aromatic heterocycles. The van der Waals surface area contributed by atoms with Gasteiger partial charge in [0.2, 0.25) is 11.8 Å². The molecule has 0 saturated carbocycles. The van der Waals surface area contributed by atoms with E-state index in [1.54, 1.807) is 31.3 Å². The third-order valence-corrected chi connectivity index (χ3v) is 6.98. The number of aromatic hydroxyl groups is 1. The molecule has 0 saturated heterocycles. The number of phenolic OH excluding ortho intramolecular Hbond substituents is 1. The Morgan fingerprint density at radius 3 is 1.66 bits per heavy atom. The van der Waals surface area contributed by atoms with Gasteiger partial charge in [0, 0.05) is 13.6 Å². The number of carbonyl (C=O) groups is 3. The lowest BCUT2D eigenvalue weighted by molar-refractivity contribution is -0.135. The van der Waals surface area contributed by atoms with Crippen LogP contribution in [-0.2, 0) is 21.5 Å². The number of phenols is 1. The molecule has 0 radical (unpaired) electrons. The van der Waals surface area contributed by atoms with Crippen LogP contribution >= 0.6 is 0 Å². The summed E-state index contributed by atoms with van der Waals surface area (Å²) in [5.41, 5.74) is 2.24. The summed E-state index contributed by atoms with van der Waals surface area (Å²) in [5.74, 6) is -0.876. The lowest BCUT2D eigenvalue weighted by atomic mass is 9.77. The minimum Gasteiger partial charge on any atom is -0.508 e. The van der Waals surface area contributed by atoms with Gasteiger partial charge < -0.3 is 25.7 Å². The Labute approximate surface area is 239 Å². The maximum Gasteiger partial charge on any atom is 0.405 e. The first-order chi connectivity index (χ1) is 19.8. The van der Waals surface area contributed by atoms with E-state index in [1.807, 2.05) is 91.0 Å². The van der Waals surface area contributed by atoms with Crippen molar-refractivity contribution in [2.45, 2.75) is 24.4 Å². The molecule has 8 heteroatoms. The molecule has 41 heavy (non-hydrogen) atoms. The highest BCUT2D eigenvalue weighted by Gasteiger charge is 2.39. The normalized spacial score (nSPS) is 11.7. The van der Waals surface area contributed by atoms with Crippen LogP contribution in [0.1, 0.15) is 28.7 Å². The molecule has 0 aliphatic rings. The largest absolute Gasteiger partial charge is 0.508 e. The summed E-state index contributed by atoms with van der Waals surface area (Å²) < 4.78 is 0. The molecule has 0 fully saturated rings. The number of carbonyl (C=O) groups excluding carboxylic acids is 2. The van der Waals surface area contributed by atoms with E-state index in [0.717, 1.165) is 22.3 Å². The number of amides is 3. The Kier molecular flexibility index (Phi) is 9.37. The van der Waals surface area contributed by atoms with Crippen LogP contribution < -0.4 is 10.6 Å². The predicted octanol–water partition coefficient (Wildman–Crippen LogP) is 4.53. The zero-order valence-corrected chi connectivity index (χ0v) is 22.7. The molecule has 3 amide bonds. The number of benzene rings is 4. The summed E-state index contributed by atoms with van der Waals surface area (Å²) >= 11 is 0. The van der Waals surface area contributed by atoms with Crippen molar-refractivity contribution < 1.29 is 24.6 Å². The molecule has 4 aromatic carbocycles. The highest BCUT2D eigenvalue weighted by Crippen LogP contribution is 2.36. The van der Waals surface area contributed by atoms with Crippen molar-refractivity contribution in [1.29, 1.82) is 0 Å². The van der Waals surface area contributed by atoms with Crippen molar-refractivity contribution >= 4 is 17.9 Å². The fraction of sp³-hybridized carbons (Fsp3) is 0.182. The Bertz CT molecular complexity index is 1350. The van der Waals surface area contributed by atoms with Crippen LogP contribution in [-0.4, -0.2) is 52.7 Å². The van der Waals surface area contributed by atoms with Crippen molar-refractivity contribution in [1.82, 2.24) is 15.5 Å². The van der Waals surface area contributed by atoms with Gasteiger partial charge in [0.05, 0.1) is 6.42 Å². The van der Waals surface area contributed by atoms with Gasteiger partial charge in [0.25, 0.3) is 0 Å². The molecule has 0 spiro atoms. The number of nitrogens with zero attached hydrogens (tertiary/aromatic N) is 1. The van der Waals surface area contributed by atoms with E-state index in [9.17, 15) is 24.6 Å². The van der Waals surface area contributed by atoms with E-state index in [4.69, 9.17) is 0 Å². The minimum atomic E-state index is -1.40. The Morgan fingerprint density at radius 1 is 0.756 bits per heavy atom. The molecule has 1 atom stereocenters. The second-order valence-electron chi connectivity index (χ2n) is 9.78. The van der Waals surface area contributed by atoms with Gasteiger partial charge in [-0.15, -0.1) is 0 Å². The maximum absolute atomic E-state index is 13.8. The quantitative estimate of drug-likeness (QED) is 0.204. The summed E-state index contributed by atoms with van der Waals surface area (Å²) in [6.07, 6.45) is -1.31. The Balaban J connectivity index is 1.62. The summed E-state index contributed by atoms with van der Waals surface area (Å²) in [6, 6.07) is 33.9. The first kappa shape index (κ1) is 28.9. The average Bonchev–Trinajstić information content (AvgIpc) is 3.00. The molecule has 0 unspecified atom stereocenters. The van der Waals surface area contributed by atoms with Crippen LogP contribution in [0.3, 0.4) is 0 Å². The van der Waals surface area contributed by atoms with E-state index in [-0.39, 0.29) is 5.75 Å². The molecule has 4 N–H and O–H groups in total. The molecule has 210 valence electrons. The first-order valence-corrected chi connectivity index (χ1v) is 13.3. The van der Waals surface area contributed by atoms with E-state index in [2.05, 4.69) is 10.6 Å². The monoisotopic (exact) mass is 551 g/mol. The lowest BCUT2D eigenvalue weighted by Crippen LogP contribution is -2.53. The number of likely N-dealkylation sites (N-methyl/N-ethyl adjacent to an activating group) is 1. The van der Waals surface area contributed by atoms with Crippen molar-refractivity contribution in [2.75, 3.05) is 13.6 Å². The third-order valence-electron chi connectivity index (χ3n) is 6.98. The molecule has 0 aliphatic heterocycles. The smallest absolute Gasteiger partial charge is 0.405 e. The van der Waals surface area contributed by atoms with Crippen molar-refractivity contribution in [3.05, 3.63) is 138 Å². The van der Waals surface area contributed by atoms with Gasteiger partial charge in [0.15, 0.2) is 0 Å². The van der Waals surface area contributed by atoms with Crippen LogP contribution in [0.15, 0.2) is 115 Å². The van der Waals surface area contributed by atoms with Gasteiger partial charge in [-0.05, 0) is 40.8 Å². The zero-order valence-electron chi connectivity index (χ0n) is 22.7. The molecule has 4 rings (SSSR count). The Hall–Kier alpha value is -5.11. The SMILES string of the molecule is CN(CCc1ccc(O)cc1)C(=O)[C@@H](CC(=O)NC(c1ccccc1)(c1ccccc1)c1ccccc1)NC(=O)O. The molecule has 0 bridgehead atoms. The van der Waals surface area contributed by atoms with Crippen molar-refractivity contribution in [3.8, 4) is 5.75 Å². The third kappa shape index (κ3) is 7.10. The summed E-state index contributed by atoms with van der Waals surface area (Å²) in [7, 11) is 1.57. The molecule has 0 aliphatic carbocycles. The van der Waals surface area contributed by atoms with Gasteiger partial charge >= 0.3 is 6.09 Å².